The fourth-order valence-electron chi connectivity index (χ4n) is 5.64. The Balaban J connectivity index is 0.00000207. The van der Waals surface area contributed by atoms with Crippen LogP contribution in [0.2, 0.25) is 0 Å². The normalized spacial score (nSPS) is 11.7. The molecule has 0 saturated carbocycles. The number of hydrogen-bond donors (Lipinski definition) is 5. The second-order valence-electron chi connectivity index (χ2n) is 10.2. The molecule has 1 heterocycles. The maximum atomic E-state index is 9.72. The molecule has 0 spiro atoms. The van der Waals surface area contributed by atoms with Crippen LogP contribution in [0.25, 0.3) is 0 Å². The van der Waals surface area contributed by atoms with E-state index in [1.54, 1.807) is 7.05 Å². The van der Waals surface area contributed by atoms with Crippen LogP contribution < -0.4 is 21.9 Å². The average molecular weight is 576 g/mol. The van der Waals surface area contributed by atoms with Gasteiger partial charge in [0.05, 0.1) is 5.69 Å². The number of hydrogen-bond acceptors (Lipinski definition) is 7. The van der Waals surface area contributed by atoms with Gasteiger partial charge in [-0.05, 0) is 46.7 Å². The number of nitrogens with two attached hydrogens (primary N) is 2. The zero-order valence-electron chi connectivity index (χ0n) is 24.8. The molecule has 0 bridgehead atoms. The first-order valence-corrected chi connectivity index (χ1v) is 14.4. The molecule has 0 amide bonds. The van der Waals surface area contributed by atoms with Crippen molar-refractivity contribution in [3.8, 4) is 0 Å². The number of rotatable bonds is 11. The van der Waals surface area contributed by atoms with Gasteiger partial charge in [0.15, 0.2) is 5.82 Å². The van der Waals surface area contributed by atoms with Gasteiger partial charge < -0.3 is 21.3 Å². The standard InChI is InChI=1S/C35H37N5O.CH4O/c1-40(37)34-33(36)31(30(23-14-24-41)26-15-6-2-7-16-26)25-32(38-34)39-35(27-17-8-3-9-18-27,28-19-10-4-11-20-28)29-21-12-5-13-22-29;1-2/h2-13,15-22,25,30,41H,14,23-24,36-37H2,1H3,(H,38,39);2H,1H3. The van der Waals surface area contributed by atoms with Crippen molar-refractivity contribution in [1.82, 2.24) is 4.98 Å². The summed E-state index contributed by atoms with van der Waals surface area (Å²) in [6.45, 7) is 0.0994. The molecule has 0 aliphatic carbocycles. The Morgan fingerprint density at radius 1 is 0.767 bits per heavy atom. The second-order valence-corrected chi connectivity index (χ2v) is 10.2. The molecule has 5 rings (SSSR count). The van der Waals surface area contributed by atoms with Crippen molar-refractivity contribution in [3.05, 3.63) is 155 Å². The van der Waals surface area contributed by atoms with E-state index in [4.69, 9.17) is 21.7 Å². The first kappa shape index (κ1) is 31.3. The topological polar surface area (TPSA) is 121 Å². The third kappa shape index (κ3) is 6.87. The number of benzene rings is 4. The fraction of sp³-hybridized carbons (Fsp3) is 0.194. The molecule has 1 atom stereocenters. The maximum Gasteiger partial charge on any atom is 0.168 e. The summed E-state index contributed by atoms with van der Waals surface area (Å²) in [7, 11) is 2.75. The Hall–Kier alpha value is -4.69. The lowest BCUT2D eigenvalue weighted by Crippen LogP contribution is -2.39. The molecular weight excluding hydrogens is 534 g/mol. The molecule has 0 aliphatic heterocycles. The molecule has 1 unspecified atom stereocenters. The van der Waals surface area contributed by atoms with Gasteiger partial charge in [0.1, 0.15) is 11.4 Å². The highest BCUT2D eigenvalue weighted by molar-refractivity contribution is 5.72. The molecular formula is C36H41N5O2. The summed E-state index contributed by atoms with van der Waals surface area (Å²) in [6, 6.07) is 43.5. The van der Waals surface area contributed by atoms with Gasteiger partial charge in [0.25, 0.3) is 0 Å². The van der Waals surface area contributed by atoms with E-state index in [1.807, 2.05) is 42.5 Å². The van der Waals surface area contributed by atoms with Gasteiger partial charge in [-0.25, -0.2) is 10.8 Å². The van der Waals surface area contributed by atoms with Gasteiger partial charge >= 0.3 is 0 Å². The zero-order chi connectivity index (χ0) is 30.7. The first-order valence-electron chi connectivity index (χ1n) is 14.4. The van der Waals surface area contributed by atoms with Crippen molar-refractivity contribution in [2.75, 3.05) is 36.8 Å². The predicted octanol–water partition coefficient (Wildman–Crippen LogP) is 5.89. The molecule has 5 aromatic rings. The molecule has 222 valence electrons. The van der Waals surface area contributed by atoms with Crippen molar-refractivity contribution in [2.45, 2.75) is 24.3 Å². The van der Waals surface area contributed by atoms with E-state index >= 15 is 0 Å². The average Bonchev–Trinajstić information content (AvgIpc) is 3.07. The zero-order valence-corrected chi connectivity index (χ0v) is 24.8. The number of aromatic nitrogens is 1. The Morgan fingerprint density at radius 3 is 1.63 bits per heavy atom. The molecule has 0 fully saturated rings. The predicted molar refractivity (Wildman–Crippen MR) is 177 cm³/mol. The van der Waals surface area contributed by atoms with Crippen LogP contribution in [0.3, 0.4) is 0 Å². The van der Waals surface area contributed by atoms with Crippen molar-refractivity contribution in [2.24, 2.45) is 5.84 Å². The largest absolute Gasteiger partial charge is 0.400 e. The SMILES string of the molecule is CN(N)c1nc(NC(c2ccccc2)(c2ccccc2)c2ccccc2)cc(C(CCCO)c2ccccc2)c1N.CO. The summed E-state index contributed by atoms with van der Waals surface area (Å²) in [6.07, 6.45) is 1.36. The van der Waals surface area contributed by atoms with Crippen LogP contribution in [0, 0.1) is 0 Å². The molecule has 4 aromatic carbocycles. The first-order chi connectivity index (χ1) is 21.0. The van der Waals surface area contributed by atoms with Crippen molar-refractivity contribution in [1.29, 1.82) is 0 Å². The highest BCUT2D eigenvalue weighted by Gasteiger charge is 2.37. The number of nitrogen functional groups attached to an aromatic ring is 1. The van der Waals surface area contributed by atoms with Crippen LogP contribution in [0.4, 0.5) is 17.3 Å². The fourth-order valence-corrected chi connectivity index (χ4v) is 5.64. The molecule has 7 heteroatoms. The molecule has 7 N–H and O–H groups in total. The third-order valence-electron chi connectivity index (χ3n) is 7.57. The molecule has 0 radical (unpaired) electrons. The van der Waals surface area contributed by atoms with Crippen LogP contribution in [0.5, 0.6) is 0 Å². The van der Waals surface area contributed by atoms with Crippen LogP contribution in [0.1, 0.15) is 46.6 Å². The quantitative estimate of drug-likeness (QED) is 0.0757. The number of aliphatic hydroxyl groups excluding tert-OH is 2. The van der Waals surface area contributed by atoms with Crippen LogP contribution in [0.15, 0.2) is 127 Å². The molecule has 43 heavy (non-hydrogen) atoms. The summed E-state index contributed by atoms with van der Waals surface area (Å²) in [5.41, 5.74) is 11.8. The van der Waals surface area contributed by atoms with Crippen molar-refractivity contribution >= 4 is 17.3 Å². The Labute approximate surface area is 254 Å². The van der Waals surface area contributed by atoms with Crippen LogP contribution in [-0.4, -0.2) is 36.0 Å². The minimum atomic E-state index is -0.762. The highest BCUT2D eigenvalue weighted by atomic mass is 16.3. The number of pyridine rings is 1. The monoisotopic (exact) mass is 575 g/mol. The second kappa shape index (κ2) is 15.0. The Kier molecular flexibility index (Phi) is 10.9. The number of aliphatic hydroxyl groups is 2. The molecule has 0 aliphatic rings. The van der Waals surface area contributed by atoms with Gasteiger partial charge in [0.2, 0.25) is 0 Å². The highest BCUT2D eigenvalue weighted by Crippen LogP contribution is 2.42. The van der Waals surface area contributed by atoms with Crippen molar-refractivity contribution in [3.63, 3.8) is 0 Å². The lowest BCUT2D eigenvalue weighted by molar-refractivity contribution is 0.282. The van der Waals surface area contributed by atoms with E-state index in [1.165, 1.54) is 5.01 Å². The Morgan fingerprint density at radius 2 is 1.21 bits per heavy atom. The van der Waals surface area contributed by atoms with E-state index in [-0.39, 0.29) is 12.5 Å². The van der Waals surface area contributed by atoms with Gasteiger partial charge in [0, 0.05) is 26.7 Å². The lowest BCUT2D eigenvalue weighted by atomic mass is 9.77. The van der Waals surface area contributed by atoms with E-state index in [9.17, 15) is 5.11 Å². The third-order valence-corrected chi connectivity index (χ3v) is 7.57. The smallest absolute Gasteiger partial charge is 0.168 e. The number of anilines is 3. The van der Waals surface area contributed by atoms with Gasteiger partial charge in [-0.15, -0.1) is 0 Å². The number of hydrazine groups is 1. The number of nitrogens with zero attached hydrogens (tertiary/aromatic N) is 2. The summed E-state index contributed by atoms with van der Waals surface area (Å²) >= 11 is 0. The minimum Gasteiger partial charge on any atom is -0.400 e. The maximum absolute atomic E-state index is 9.72. The Bertz CT molecular complexity index is 1440. The van der Waals surface area contributed by atoms with Crippen LogP contribution >= 0.6 is 0 Å². The molecule has 0 saturated heterocycles. The van der Waals surface area contributed by atoms with Crippen molar-refractivity contribution < 1.29 is 10.2 Å². The summed E-state index contributed by atoms with van der Waals surface area (Å²) < 4.78 is 0. The lowest BCUT2D eigenvalue weighted by Gasteiger charge is -2.38. The summed E-state index contributed by atoms with van der Waals surface area (Å²) in [4.78, 5) is 4.97. The van der Waals surface area contributed by atoms with E-state index in [0.29, 0.717) is 23.7 Å². The molecule has 1 aromatic heterocycles. The molecule has 7 nitrogen and oxygen atoms in total. The van der Waals surface area contributed by atoms with E-state index < -0.39 is 5.54 Å². The van der Waals surface area contributed by atoms with Gasteiger partial charge in [-0.3, -0.25) is 5.01 Å². The minimum absolute atomic E-state index is 0.0508. The van der Waals surface area contributed by atoms with Crippen LogP contribution in [-0.2, 0) is 5.54 Å². The summed E-state index contributed by atoms with van der Waals surface area (Å²) in [5.74, 6) is 7.39. The van der Waals surface area contributed by atoms with E-state index in [2.05, 4.69) is 90.2 Å². The van der Waals surface area contributed by atoms with Gasteiger partial charge in [-0.1, -0.05) is 121 Å². The number of nitrogens with one attached hydrogen (secondary N) is 1. The van der Waals surface area contributed by atoms with Gasteiger partial charge in [-0.2, -0.15) is 0 Å². The summed E-state index contributed by atoms with van der Waals surface area (Å²) in [5, 5.41) is 22.1. The van der Waals surface area contributed by atoms with E-state index in [0.717, 1.165) is 41.3 Å².